The summed E-state index contributed by atoms with van der Waals surface area (Å²) < 4.78 is 10.7. The van der Waals surface area contributed by atoms with Crippen LogP contribution in [0.3, 0.4) is 0 Å². The van der Waals surface area contributed by atoms with Crippen molar-refractivity contribution in [3.8, 4) is 22.6 Å². The Morgan fingerprint density at radius 3 is 2.75 bits per heavy atom. The summed E-state index contributed by atoms with van der Waals surface area (Å²) in [7, 11) is 3.21. The Hall–Kier alpha value is -3.48. The van der Waals surface area contributed by atoms with Crippen molar-refractivity contribution in [2.24, 2.45) is 0 Å². The maximum atomic E-state index is 11.3. The molecule has 3 aromatic rings. The Morgan fingerprint density at radius 1 is 1.18 bits per heavy atom. The van der Waals surface area contributed by atoms with Crippen LogP contribution in [0.4, 0.5) is 4.79 Å². The number of amides is 1. The lowest BCUT2D eigenvalue weighted by atomic mass is 9.98. The highest BCUT2D eigenvalue weighted by molar-refractivity contribution is 5.93. The average Bonchev–Trinajstić information content (AvgIpc) is 3.16. The van der Waals surface area contributed by atoms with Gasteiger partial charge in [0.05, 0.1) is 14.2 Å². The third-order valence-corrected chi connectivity index (χ3v) is 5.00. The second kappa shape index (κ2) is 7.26. The number of allylic oxidation sites excluding steroid dienone is 1. The molecule has 1 aliphatic heterocycles. The van der Waals surface area contributed by atoms with Gasteiger partial charge in [-0.15, -0.1) is 0 Å². The van der Waals surface area contributed by atoms with Crippen LogP contribution in [0.25, 0.3) is 27.7 Å². The molecule has 0 saturated carbocycles. The zero-order chi connectivity index (χ0) is 19.7. The fourth-order valence-corrected chi connectivity index (χ4v) is 3.55. The smallest absolute Gasteiger partial charge is 0.411 e. The molecule has 28 heavy (non-hydrogen) atoms. The van der Waals surface area contributed by atoms with E-state index in [4.69, 9.17) is 9.47 Å². The van der Waals surface area contributed by atoms with Crippen molar-refractivity contribution in [3.05, 3.63) is 48.4 Å². The van der Waals surface area contributed by atoms with Gasteiger partial charge >= 0.3 is 6.09 Å². The molecule has 0 unspecified atom stereocenters. The molecule has 7 nitrogen and oxygen atoms in total. The fourth-order valence-electron chi connectivity index (χ4n) is 3.55. The number of nitrogens with zero attached hydrogens (tertiary/aromatic N) is 2. The third kappa shape index (κ3) is 3.15. The molecule has 0 radical (unpaired) electrons. The monoisotopic (exact) mass is 379 g/mol. The van der Waals surface area contributed by atoms with Crippen LogP contribution in [-0.2, 0) is 0 Å². The van der Waals surface area contributed by atoms with Crippen molar-refractivity contribution in [1.82, 2.24) is 14.9 Å². The summed E-state index contributed by atoms with van der Waals surface area (Å²) in [6.45, 7) is 0.524. The highest BCUT2D eigenvalue weighted by atomic mass is 16.5. The van der Waals surface area contributed by atoms with Crippen LogP contribution in [0, 0.1) is 0 Å². The van der Waals surface area contributed by atoms with E-state index in [0.29, 0.717) is 18.0 Å². The highest BCUT2D eigenvalue weighted by Crippen LogP contribution is 2.35. The molecule has 0 saturated heterocycles. The molecule has 0 fully saturated rings. The van der Waals surface area contributed by atoms with Gasteiger partial charge in [-0.1, -0.05) is 6.07 Å². The number of methoxy groups -OCH3 is 2. The Morgan fingerprint density at radius 2 is 2.00 bits per heavy atom. The van der Waals surface area contributed by atoms with Crippen LogP contribution in [0.5, 0.6) is 11.5 Å². The number of ether oxygens (including phenoxy) is 2. The Labute approximate surface area is 162 Å². The number of aromatic nitrogens is 2. The van der Waals surface area contributed by atoms with Crippen LogP contribution in [-0.4, -0.2) is 46.8 Å². The van der Waals surface area contributed by atoms with Crippen molar-refractivity contribution in [2.75, 3.05) is 20.8 Å². The largest absolute Gasteiger partial charge is 0.493 e. The summed E-state index contributed by atoms with van der Waals surface area (Å²) in [6.07, 6.45) is 6.12. The van der Waals surface area contributed by atoms with E-state index in [1.165, 1.54) is 4.90 Å². The van der Waals surface area contributed by atoms with Gasteiger partial charge in [-0.25, -0.2) is 9.78 Å². The lowest BCUT2D eigenvalue weighted by Gasteiger charge is -2.22. The van der Waals surface area contributed by atoms with E-state index in [1.807, 2.05) is 30.6 Å². The lowest BCUT2D eigenvalue weighted by Crippen LogP contribution is -2.27. The van der Waals surface area contributed by atoms with Gasteiger partial charge in [-0.05, 0) is 42.2 Å². The summed E-state index contributed by atoms with van der Waals surface area (Å²) in [6, 6.07) is 7.81. The minimum absolute atomic E-state index is 0.524. The van der Waals surface area contributed by atoms with Crippen molar-refractivity contribution in [1.29, 1.82) is 0 Å². The predicted molar refractivity (Wildman–Crippen MR) is 107 cm³/mol. The summed E-state index contributed by atoms with van der Waals surface area (Å²) >= 11 is 0. The number of rotatable bonds is 4. The van der Waals surface area contributed by atoms with Crippen molar-refractivity contribution in [2.45, 2.75) is 12.8 Å². The van der Waals surface area contributed by atoms with Crippen LogP contribution >= 0.6 is 0 Å². The molecule has 3 heterocycles. The number of aromatic amines is 1. The third-order valence-electron chi connectivity index (χ3n) is 5.00. The number of benzene rings is 1. The van der Waals surface area contributed by atoms with Gasteiger partial charge in [0.1, 0.15) is 5.65 Å². The topological polar surface area (TPSA) is 87.7 Å². The van der Waals surface area contributed by atoms with E-state index in [-0.39, 0.29) is 0 Å². The minimum atomic E-state index is -0.929. The molecule has 1 amide bonds. The summed E-state index contributed by atoms with van der Waals surface area (Å²) in [5.74, 6) is 1.32. The number of nitrogens with one attached hydrogen (secondary N) is 1. The summed E-state index contributed by atoms with van der Waals surface area (Å²) in [5.41, 5.74) is 4.65. The first kappa shape index (κ1) is 17.9. The molecule has 0 atom stereocenters. The van der Waals surface area contributed by atoms with Gasteiger partial charge in [0, 0.05) is 41.7 Å². The first-order valence-corrected chi connectivity index (χ1v) is 9.01. The number of fused-ring (bicyclic) bond motifs is 1. The number of H-pyrrole nitrogens is 1. The summed E-state index contributed by atoms with van der Waals surface area (Å²) in [4.78, 5) is 20.4. The zero-order valence-electron chi connectivity index (χ0n) is 15.7. The van der Waals surface area contributed by atoms with E-state index in [2.05, 4.69) is 16.0 Å². The summed E-state index contributed by atoms with van der Waals surface area (Å²) in [5, 5.41) is 10.3. The molecule has 0 bridgehead atoms. The van der Waals surface area contributed by atoms with E-state index < -0.39 is 6.09 Å². The first-order chi connectivity index (χ1) is 13.6. The quantitative estimate of drug-likeness (QED) is 0.703. The van der Waals surface area contributed by atoms with Gasteiger partial charge in [0.2, 0.25) is 0 Å². The van der Waals surface area contributed by atoms with Gasteiger partial charge < -0.3 is 19.6 Å². The normalized spacial score (nSPS) is 14.1. The number of carbonyl (C=O) groups is 1. The molecule has 2 aromatic heterocycles. The molecular weight excluding hydrogens is 358 g/mol. The molecule has 2 N–H and O–H groups in total. The molecule has 4 rings (SSSR count). The van der Waals surface area contributed by atoms with Gasteiger partial charge in [0.25, 0.3) is 0 Å². The van der Waals surface area contributed by atoms with Crippen LogP contribution in [0.1, 0.15) is 18.4 Å². The maximum absolute atomic E-state index is 11.3. The molecule has 1 aliphatic rings. The molecule has 7 heteroatoms. The predicted octanol–water partition coefficient (Wildman–Crippen LogP) is 4.36. The molecular formula is C21H21N3O4. The van der Waals surface area contributed by atoms with E-state index in [0.717, 1.165) is 46.1 Å². The van der Waals surface area contributed by atoms with Crippen LogP contribution < -0.4 is 9.47 Å². The van der Waals surface area contributed by atoms with E-state index in [9.17, 15) is 9.90 Å². The molecule has 144 valence electrons. The second-order valence-corrected chi connectivity index (χ2v) is 6.63. The van der Waals surface area contributed by atoms with Crippen molar-refractivity contribution in [3.63, 3.8) is 0 Å². The SMILES string of the molecule is COc1ccc(-c2cnc3[nH]cc(C4=CN(C(=O)O)CCC4)c3c2)cc1OC. The number of carboxylic acid groups (broad SMARTS) is 1. The van der Waals surface area contributed by atoms with E-state index in [1.54, 1.807) is 20.4 Å². The van der Waals surface area contributed by atoms with Gasteiger partial charge in [0.15, 0.2) is 11.5 Å². The number of hydrogen-bond donors (Lipinski definition) is 2. The molecule has 0 aliphatic carbocycles. The van der Waals surface area contributed by atoms with Crippen LogP contribution in [0.15, 0.2) is 42.9 Å². The van der Waals surface area contributed by atoms with Crippen LogP contribution in [0.2, 0.25) is 0 Å². The van der Waals surface area contributed by atoms with Gasteiger partial charge in [-0.3, -0.25) is 4.90 Å². The number of pyridine rings is 1. The highest BCUT2D eigenvalue weighted by Gasteiger charge is 2.19. The maximum Gasteiger partial charge on any atom is 0.411 e. The van der Waals surface area contributed by atoms with Crippen molar-refractivity contribution >= 4 is 22.7 Å². The molecule has 0 spiro atoms. The standard InChI is InChI=1S/C21H21N3O4/c1-27-18-6-5-13(9-19(18)28-2)15-8-16-17(11-23-20(16)22-10-15)14-4-3-7-24(12-14)21(25)26/h5-6,8-12H,3-4,7H2,1-2H3,(H,22,23)(H,25,26). The number of hydrogen-bond acceptors (Lipinski definition) is 4. The van der Waals surface area contributed by atoms with Gasteiger partial charge in [-0.2, -0.15) is 0 Å². The first-order valence-electron chi connectivity index (χ1n) is 9.01. The minimum Gasteiger partial charge on any atom is -0.493 e. The lowest BCUT2D eigenvalue weighted by molar-refractivity contribution is 0.161. The Kier molecular flexibility index (Phi) is 4.65. The Bertz CT molecular complexity index is 1070. The zero-order valence-corrected chi connectivity index (χ0v) is 15.7. The second-order valence-electron chi connectivity index (χ2n) is 6.63. The molecule has 1 aromatic carbocycles. The van der Waals surface area contributed by atoms with Crippen molar-refractivity contribution < 1.29 is 19.4 Å². The fraction of sp³-hybridized carbons (Fsp3) is 0.238. The average molecular weight is 379 g/mol. The van der Waals surface area contributed by atoms with E-state index >= 15 is 0 Å². The Balaban J connectivity index is 1.78.